The van der Waals surface area contributed by atoms with Crippen molar-refractivity contribution in [3.05, 3.63) is 48.2 Å². The van der Waals surface area contributed by atoms with Crippen molar-refractivity contribution in [2.24, 2.45) is 13.0 Å². The molecule has 5 heteroatoms. The lowest BCUT2D eigenvalue weighted by Crippen LogP contribution is -2.36. The van der Waals surface area contributed by atoms with Crippen LogP contribution in [0, 0.1) is 12.8 Å². The van der Waals surface area contributed by atoms with Gasteiger partial charge in [0.1, 0.15) is 11.6 Å². The van der Waals surface area contributed by atoms with Crippen LogP contribution in [0.4, 0.5) is 0 Å². The number of hydrogen-bond acceptors (Lipinski definition) is 4. The molecule has 0 aliphatic carbocycles. The Kier molecular flexibility index (Phi) is 5.27. The lowest BCUT2D eigenvalue weighted by atomic mass is 9.90. The van der Waals surface area contributed by atoms with Crippen LogP contribution in [0.15, 0.2) is 36.7 Å². The van der Waals surface area contributed by atoms with Gasteiger partial charge >= 0.3 is 0 Å². The Bertz CT molecular complexity index is 999. The average Bonchev–Trinajstić information content (AvgIpc) is 3.06. The van der Waals surface area contributed by atoms with Gasteiger partial charge in [-0.1, -0.05) is 19.1 Å². The largest absolute Gasteiger partial charge is 0.331 e. The molecule has 0 N–H and O–H groups in total. The number of aromatic nitrogens is 3. The molecule has 4 rings (SSSR count). The van der Waals surface area contributed by atoms with Crippen LogP contribution >= 0.6 is 0 Å². The zero-order valence-electron chi connectivity index (χ0n) is 17.0. The first kappa shape index (κ1) is 18.8. The van der Waals surface area contributed by atoms with E-state index in [0.717, 1.165) is 66.0 Å². The van der Waals surface area contributed by atoms with E-state index in [-0.39, 0.29) is 5.92 Å². The number of hydrogen-bond donors (Lipinski definition) is 0. The smallest absolute Gasteiger partial charge is 0.142 e. The van der Waals surface area contributed by atoms with Gasteiger partial charge in [0, 0.05) is 42.2 Å². The summed E-state index contributed by atoms with van der Waals surface area (Å²) in [5, 5.41) is 2.21. The van der Waals surface area contributed by atoms with Crippen LogP contribution in [0.5, 0.6) is 0 Å². The zero-order chi connectivity index (χ0) is 19.7. The standard InChI is InChI=1S/C23H28N4O/c1-4-27-9-7-17(8-10-27)23(28)13-21-12-20-11-18(5-6-19(20)14-25-21)22-15-24-16(2)26(22)3/h5-6,11-12,14-15,17H,4,7-10,13H2,1-3H3. The van der Waals surface area contributed by atoms with Crippen molar-refractivity contribution >= 4 is 16.6 Å². The summed E-state index contributed by atoms with van der Waals surface area (Å²) >= 11 is 0. The Hall–Kier alpha value is -2.53. The van der Waals surface area contributed by atoms with E-state index in [0.29, 0.717) is 12.2 Å². The molecule has 3 heterocycles. The van der Waals surface area contributed by atoms with Crippen molar-refractivity contribution in [1.29, 1.82) is 0 Å². The highest BCUT2D eigenvalue weighted by atomic mass is 16.1. The molecule has 28 heavy (non-hydrogen) atoms. The fourth-order valence-corrected chi connectivity index (χ4v) is 4.11. The normalized spacial score (nSPS) is 16.0. The van der Waals surface area contributed by atoms with Crippen LogP contribution in [0.25, 0.3) is 22.0 Å². The molecule has 146 valence electrons. The molecule has 0 radical (unpaired) electrons. The van der Waals surface area contributed by atoms with E-state index in [1.165, 1.54) is 0 Å². The van der Waals surface area contributed by atoms with E-state index in [9.17, 15) is 4.79 Å². The van der Waals surface area contributed by atoms with Gasteiger partial charge in [-0.3, -0.25) is 9.78 Å². The maximum atomic E-state index is 12.8. The van der Waals surface area contributed by atoms with E-state index in [2.05, 4.69) is 50.6 Å². The van der Waals surface area contributed by atoms with Gasteiger partial charge in [-0.15, -0.1) is 0 Å². The predicted molar refractivity (Wildman–Crippen MR) is 112 cm³/mol. The number of likely N-dealkylation sites (tertiary alicyclic amines) is 1. The molecule has 2 aromatic heterocycles. The van der Waals surface area contributed by atoms with Crippen LogP contribution < -0.4 is 0 Å². The Balaban J connectivity index is 1.54. The number of carbonyl (C=O) groups is 1. The number of imidazole rings is 1. The summed E-state index contributed by atoms with van der Waals surface area (Å²) < 4.78 is 2.09. The Morgan fingerprint density at radius 1 is 1.11 bits per heavy atom. The number of benzene rings is 1. The highest BCUT2D eigenvalue weighted by molar-refractivity contribution is 5.88. The minimum atomic E-state index is 0.184. The number of ketones is 1. The van der Waals surface area contributed by atoms with E-state index >= 15 is 0 Å². The Morgan fingerprint density at radius 2 is 1.89 bits per heavy atom. The first-order valence-corrected chi connectivity index (χ1v) is 10.2. The van der Waals surface area contributed by atoms with Crippen molar-refractivity contribution < 1.29 is 4.79 Å². The summed E-state index contributed by atoms with van der Waals surface area (Å²) in [5.41, 5.74) is 3.09. The molecule has 0 amide bonds. The lowest BCUT2D eigenvalue weighted by Gasteiger charge is -2.30. The summed E-state index contributed by atoms with van der Waals surface area (Å²) in [6.45, 7) is 7.33. The second-order valence-corrected chi connectivity index (χ2v) is 7.84. The second kappa shape index (κ2) is 7.84. The van der Waals surface area contributed by atoms with E-state index in [4.69, 9.17) is 0 Å². The molecule has 1 aromatic carbocycles. The van der Waals surface area contributed by atoms with Gasteiger partial charge in [-0.2, -0.15) is 0 Å². The highest BCUT2D eigenvalue weighted by Gasteiger charge is 2.24. The third kappa shape index (κ3) is 3.72. The number of Topliss-reactive ketones (excluding diaryl/α,β-unsaturated/α-hetero) is 1. The first-order valence-electron chi connectivity index (χ1n) is 10.2. The van der Waals surface area contributed by atoms with Crippen molar-refractivity contribution in [2.45, 2.75) is 33.1 Å². The second-order valence-electron chi connectivity index (χ2n) is 7.84. The fourth-order valence-electron chi connectivity index (χ4n) is 4.11. The Labute approximate surface area is 166 Å². The molecule has 0 bridgehead atoms. The molecule has 1 saturated heterocycles. The van der Waals surface area contributed by atoms with Gasteiger partial charge in [0.15, 0.2) is 0 Å². The molecule has 0 spiro atoms. The van der Waals surface area contributed by atoms with Crippen LogP contribution in [0.1, 0.15) is 31.3 Å². The van der Waals surface area contributed by atoms with Crippen molar-refractivity contribution in [1.82, 2.24) is 19.4 Å². The van der Waals surface area contributed by atoms with Crippen LogP contribution in [0.2, 0.25) is 0 Å². The molecular formula is C23H28N4O. The monoisotopic (exact) mass is 376 g/mol. The number of nitrogens with zero attached hydrogens (tertiary/aromatic N) is 4. The predicted octanol–water partition coefficient (Wildman–Crippen LogP) is 3.79. The number of aryl methyl sites for hydroxylation is 1. The molecule has 0 saturated carbocycles. The highest BCUT2D eigenvalue weighted by Crippen LogP contribution is 2.26. The molecule has 1 fully saturated rings. The molecule has 1 aliphatic rings. The fraction of sp³-hybridized carbons (Fsp3) is 0.435. The van der Waals surface area contributed by atoms with Gasteiger partial charge in [-0.25, -0.2) is 4.98 Å². The van der Waals surface area contributed by atoms with Crippen molar-refractivity contribution in [3.63, 3.8) is 0 Å². The minimum absolute atomic E-state index is 0.184. The maximum absolute atomic E-state index is 12.8. The van der Waals surface area contributed by atoms with Crippen LogP contribution in [-0.2, 0) is 18.3 Å². The number of piperidine rings is 1. The molecule has 3 aromatic rings. The summed E-state index contributed by atoms with van der Waals surface area (Å²) in [6.07, 6.45) is 6.18. The topological polar surface area (TPSA) is 51.0 Å². The maximum Gasteiger partial charge on any atom is 0.142 e. The average molecular weight is 377 g/mol. The van der Waals surface area contributed by atoms with Crippen molar-refractivity contribution in [3.8, 4) is 11.3 Å². The van der Waals surface area contributed by atoms with Crippen LogP contribution in [0.3, 0.4) is 0 Å². The number of rotatable bonds is 5. The van der Waals surface area contributed by atoms with Gasteiger partial charge < -0.3 is 9.47 Å². The number of carbonyl (C=O) groups excluding carboxylic acids is 1. The number of pyridine rings is 1. The number of fused-ring (bicyclic) bond motifs is 1. The van der Waals surface area contributed by atoms with Crippen LogP contribution in [-0.4, -0.2) is 44.9 Å². The molecule has 5 nitrogen and oxygen atoms in total. The molecule has 0 unspecified atom stereocenters. The lowest BCUT2D eigenvalue weighted by molar-refractivity contribution is -0.123. The summed E-state index contributed by atoms with van der Waals surface area (Å²) in [7, 11) is 2.03. The van der Waals surface area contributed by atoms with E-state index < -0.39 is 0 Å². The minimum Gasteiger partial charge on any atom is -0.331 e. The molecular weight excluding hydrogens is 348 g/mol. The van der Waals surface area contributed by atoms with Gasteiger partial charge in [0.05, 0.1) is 11.9 Å². The quantitative estimate of drug-likeness (QED) is 0.680. The van der Waals surface area contributed by atoms with E-state index in [1.807, 2.05) is 26.4 Å². The van der Waals surface area contributed by atoms with Gasteiger partial charge in [-0.05, 0) is 56.9 Å². The molecule has 1 aliphatic heterocycles. The molecule has 0 atom stereocenters. The Morgan fingerprint density at radius 3 is 2.57 bits per heavy atom. The summed E-state index contributed by atoms with van der Waals surface area (Å²) in [4.78, 5) is 24.1. The van der Waals surface area contributed by atoms with Gasteiger partial charge in [0.2, 0.25) is 0 Å². The summed E-state index contributed by atoms with van der Waals surface area (Å²) in [6, 6.07) is 8.43. The zero-order valence-corrected chi connectivity index (χ0v) is 17.0. The first-order chi connectivity index (χ1) is 13.5. The van der Waals surface area contributed by atoms with Gasteiger partial charge in [0.25, 0.3) is 0 Å². The SMILES string of the molecule is CCN1CCC(C(=O)Cc2cc3cc(-c4cnc(C)n4C)ccc3cn2)CC1. The third-order valence-corrected chi connectivity index (χ3v) is 6.14. The summed E-state index contributed by atoms with van der Waals surface area (Å²) in [5.74, 6) is 1.51. The third-order valence-electron chi connectivity index (χ3n) is 6.14. The van der Waals surface area contributed by atoms with E-state index in [1.54, 1.807) is 0 Å². The van der Waals surface area contributed by atoms with Crippen molar-refractivity contribution in [2.75, 3.05) is 19.6 Å².